The Kier molecular flexibility index (Phi) is 5.11. The van der Waals surface area contributed by atoms with Crippen molar-refractivity contribution in [1.82, 2.24) is 10.3 Å². The average Bonchev–Trinajstić information content (AvgIpc) is 3.12. The molecule has 1 aromatic heterocycles. The highest BCUT2D eigenvalue weighted by Crippen LogP contribution is 2.16. The second-order valence-electron chi connectivity index (χ2n) is 5.79. The Morgan fingerprint density at radius 2 is 1.80 bits per heavy atom. The van der Waals surface area contributed by atoms with Crippen molar-refractivity contribution in [3.05, 3.63) is 83.6 Å². The number of nitrogens with two attached hydrogens (primary N) is 2. The molecule has 2 aromatic carbocycles. The number of hydrogen-bond donors (Lipinski definition) is 3. The minimum atomic E-state index is -0.402. The first-order valence-electron chi connectivity index (χ1n) is 7.99. The molecule has 25 heavy (non-hydrogen) atoms. The first-order chi connectivity index (χ1) is 12.1. The quantitative estimate of drug-likeness (QED) is 0.599. The van der Waals surface area contributed by atoms with Crippen LogP contribution in [0.25, 0.3) is 0 Å². The molecule has 1 amide bonds. The molecule has 3 aromatic rings. The number of aromatic nitrogens is 1. The predicted octanol–water partition coefficient (Wildman–Crippen LogP) is 2.43. The van der Waals surface area contributed by atoms with E-state index in [4.69, 9.17) is 15.9 Å². The lowest BCUT2D eigenvalue weighted by molar-refractivity contribution is 0.0946. The smallest absolute Gasteiger partial charge is 0.273 e. The number of amides is 1. The topological polar surface area (TPSA) is 107 Å². The summed E-state index contributed by atoms with van der Waals surface area (Å²) < 4.78 is 5.37. The Balaban J connectivity index is 1.58. The Labute approximate surface area is 145 Å². The number of nitrogens with one attached hydrogen (secondary N) is 1. The molecule has 0 radical (unpaired) electrons. The standard InChI is InChI=1S/C19H20N4O2/c20-15-8-6-14(7-9-15)11-22-18(24)17-12-25-19(23-17)16(21)10-13-4-2-1-3-5-13/h1-9,12,16H,10-11,20-21H2,(H,22,24). The van der Waals surface area contributed by atoms with E-state index in [2.05, 4.69) is 10.3 Å². The lowest BCUT2D eigenvalue weighted by Gasteiger charge is -2.07. The number of anilines is 1. The third kappa shape index (κ3) is 4.45. The maximum Gasteiger partial charge on any atom is 0.273 e. The van der Waals surface area contributed by atoms with Gasteiger partial charge in [-0.15, -0.1) is 0 Å². The van der Waals surface area contributed by atoms with E-state index in [0.717, 1.165) is 11.1 Å². The Morgan fingerprint density at radius 1 is 1.08 bits per heavy atom. The van der Waals surface area contributed by atoms with Crippen LogP contribution in [-0.4, -0.2) is 10.9 Å². The number of nitrogen functional groups attached to an aromatic ring is 1. The van der Waals surface area contributed by atoms with Gasteiger partial charge in [-0.1, -0.05) is 42.5 Å². The van der Waals surface area contributed by atoms with Crippen LogP contribution in [0.4, 0.5) is 5.69 Å². The van der Waals surface area contributed by atoms with E-state index in [1.54, 1.807) is 12.1 Å². The highest BCUT2D eigenvalue weighted by atomic mass is 16.3. The molecule has 6 nitrogen and oxygen atoms in total. The van der Waals surface area contributed by atoms with Crippen LogP contribution in [-0.2, 0) is 13.0 Å². The minimum absolute atomic E-state index is 0.217. The van der Waals surface area contributed by atoms with E-state index in [1.165, 1.54) is 6.26 Å². The molecule has 0 bridgehead atoms. The number of rotatable bonds is 6. The van der Waals surface area contributed by atoms with Crippen molar-refractivity contribution < 1.29 is 9.21 Å². The summed E-state index contributed by atoms with van der Waals surface area (Å²) in [4.78, 5) is 16.4. The molecular formula is C19H20N4O2. The van der Waals surface area contributed by atoms with E-state index >= 15 is 0 Å². The molecule has 1 unspecified atom stereocenters. The van der Waals surface area contributed by atoms with Gasteiger partial charge < -0.3 is 21.2 Å². The van der Waals surface area contributed by atoms with Crippen LogP contribution in [0.15, 0.2) is 65.3 Å². The number of hydrogen-bond acceptors (Lipinski definition) is 5. The molecule has 5 N–H and O–H groups in total. The van der Waals surface area contributed by atoms with Gasteiger partial charge in [-0.05, 0) is 29.7 Å². The van der Waals surface area contributed by atoms with Crippen LogP contribution in [0.1, 0.15) is 33.5 Å². The highest BCUT2D eigenvalue weighted by Gasteiger charge is 2.17. The number of nitrogens with zero attached hydrogens (tertiary/aromatic N) is 1. The lowest BCUT2D eigenvalue weighted by atomic mass is 10.1. The van der Waals surface area contributed by atoms with Crippen molar-refractivity contribution in [3.63, 3.8) is 0 Å². The van der Waals surface area contributed by atoms with E-state index in [-0.39, 0.29) is 11.6 Å². The summed E-state index contributed by atoms with van der Waals surface area (Å²) in [5.74, 6) is 0.0419. The summed E-state index contributed by atoms with van der Waals surface area (Å²) in [7, 11) is 0. The van der Waals surface area contributed by atoms with Gasteiger partial charge in [0, 0.05) is 12.2 Å². The summed E-state index contributed by atoms with van der Waals surface area (Å²) in [6.07, 6.45) is 1.92. The zero-order valence-electron chi connectivity index (χ0n) is 13.7. The third-order valence-electron chi connectivity index (χ3n) is 3.80. The zero-order valence-corrected chi connectivity index (χ0v) is 13.7. The normalized spacial score (nSPS) is 11.9. The Morgan fingerprint density at radius 3 is 2.52 bits per heavy atom. The number of oxazole rings is 1. The fraction of sp³-hybridized carbons (Fsp3) is 0.158. The van der Waals surface area contributed by atoms with Crippen LogP contribution in [0.2, 0.25) is 0 Å². The van der Waals surface area contributed by atoms with E-state index in [1.807, 2.05) is 42.5 Å². The molecule has 0 aliphatic heterocycles. The first kappa shape index (κ1) is 16.7. The third-order valence-corrected chi connectivity index (χ3v) is 3.80. The zero-order chi connectivity index (χ0) is 17.6. The molecular weight excluding hydrogens is 316 g/mol. The van der Waals surface area contributed by atoms with Crippen LogP contribution >= 0.6 is 0 Å². The van der Waals surface area contributed by atoms with Crippen molar-refractivity contribution in [2.24, 2.45) is 5.73 Å². The predicted molar refractivity (Wildman–Crippen MR) is 95.6 cm³/mol. The van der Waals surface area contributed by atoms with Crippen molar-refractivity contribution in [2.45, 2.75) is 19.0 Å². The molecule has 0 saturated carbocycles. The van der Waals surface area contributed by atoms with Crippen molar-refractivity contribution >= 4 is 11.6 Å². The molecule has 0 saturated heterocycles. The molecule has 0 aliphatic carbocycles. The summed E-state index contributed by atoms with van der Waals surface area (Å²) in [5.41, 5.74) is 14.7. The highest BCUT2D eigenvalue weighted by molar-refractivity contribution is 5.91. The Bertz CT molecular complexity index is 828. The van der Waals surface area contributed by atoms with E-state index < -0.39 is 6.04 Å². The van der Waals surface area contributed by atoms with E-state index in [9.17, 15) is 4.79 Å². The van der Waals surface area contributed by atoms with Crippen molar-refractivity contribution in [2.75, 3.05) is 5.73 Å². The van der Waals surface area contributed by atoms with Crippen LogP contribution in [0.3, 0.4) is 0 Å². The molecule has 0 aliphatic rings. The SMILES string of the molecule is Nc1ccc(CNC(=O)c2coc(C(N)Cc3ccccc3)n2)cc1. The van der Waals surface area contributed by atoms with Gasteiger partial charge in [0.1, 0.15) is 6.26 Å². The fourth-order valence-electron chi connectivity index (χ4n) is 2.43. The lowest BCUT2D eigenvalue weighted by Crippen LogP contribution is -2.23. The molecule has 128 valence electrons. The van der Waals surface area contributed by atoms with E-state index in [0.29, 0.717) is 24.5 Å². The van der Waals surface area contributed by atoms with Gasteiger partial charge in [0.2, 0.25) is 5.89 Å². The second kappa shape index (κ2) is 7.63. The fourth-order valence-corrected chi connectivity index (χ4v) is 2.43. The summed E-state index contributed by atoms with van der Waals surface area (Å²) in [6.45, 7) is 0.386. The van der Waals surface area contributed by atoms with Gasteiger partial charge in [-0.25, -0.2) is 4.98 Å². The molecule has 3 rings (SSSR count). The number of carbonyl (C=O) groups is 1. The van der Waals surface area contributed by atoms with Gasteiger partial charge in [0.25, 0.3) is 5.91 Å². The van der Waals surface area contributed by atoms with Crippen LogP contribution in [0, 0.1) is 0 Å². The average molecular weight is 336 g/mol. The van der Waals surface area contributed by atoms with Gasteiger partial charge in [-0.3, -0.25) is 4.79 Å². The minimum Gasteiger partial charge on any atom is -0.446 e. The maximum atomic E-state index is 12.2. The summed E-state index contributed by atoms with van der Waals surface area (Å²) >= 11 is 0. The molecule has 6 heteroatoms. The van der Waals surface area contributed by atoms with Gasteiger partial charge >= 0.3 is 0 Å². The maximum absolute atomic E-state index is 12.2. The number of benzene rings is 2. The van der Waals surface area contributed by atoms with Crippen LogP contribution in [0.5, 0.6) is 0 Å². The van der Waals surface area contributed by atoms with Gasteiger partial charge in [0.05, 0.1) is 6.04 Å². The largest absolute Gasteiger partial charge is 0.446 e. The molecule has 0 spiro atoms. The van der Waals surface area contributed by atoms with Crippen molar-refractivity contribution in [3.8, 4) is 0 Å². The van der Waals surface area contributed by atoms with Gasteiger partial charge in [-0.2, -0.15) is 0 Å². The molecule has 1 heterocycles. The van der Waals surface area contributed by atoms with Gasteiger partial charge in [0.15, 0.2) is 5.69 Å². The molecule has 0 fully saturated rings. The first-order valence-corrected chi connectivity index (χ1v) is 7.99. The summed E-state index contributed by atoms with van der Waals surface area (Å²) in [5, 5.41) is 2.79. The Hall–Kier alpha value is -3.12. The monoisotopic (exact) mass is 336 g/mol. The van der Waals surface area contributed by atoms with Crippen molar-refractivity contribution in [1.29, 1.82) is 0 Å². The second-order valence-corrected chi connectivity index (χ2v) is 5.79. The molecule has 1 atom stereocenters. The summed E-state index contributed by atoms with van der Waals surface area (Å²) in [6, 6.07) is 16.7. The number of carbonyl (C=O) groups excluding carboxylic acids is 1. The van der Waals surface area contributed by atoms with Crippen LogP contribution < -0.4 is 16.8 Å².